The van der Waals surface area contributed by atoms with E-state index in [1.54, 1.807) is 0 Å². The van der Waals surface area contributed by atoms with Crippen molar-refractivity contribution in [3.8, 4) is 0 Å². The Balaban J connectivity index is 2.24. The van der Waals surface area contributed by atoms with Crippen LogP contribution in [-0.4, -0.2) is 18.6 Å². The maximum absolute atomic E-state index is 5.80. The molecule has 2 N–H and O–H groups in total. The van der Waals surface area contributed by atoms with Gasteiger partial charge < -0.3 is 10.6 Å². The van der Waals surface area contributed by atoms with Crippen molar-refractivity contribution in [3.05, 3.63) is 28.2 Å². The van der Waals surface area contributed by atoms with E-state index in [2.05, 4.69) is 40.9 Å². The minimum atomic E-state index is 0.447. The second kappa shape index (κ2) is 4.94. The van der Waals surface area contributed by atoms with Gasteiger partial charge in [-0.05, 0) is 46.3 Å². The first-order valence-corrected chi connectivity index (χ1v) is 7.00. The molecule has 1 aliphatic rings. The zero-order valence-electron chi connectivity index (χ0n) is 10.1. The molecule has 0 spiro atoms. The van der Waals surface area contributed by atoms with E-state index in [1.165, 1.54) is 6.42 Å². The van der Waals surface area contributed by atoms with Crippen LogP contribution in [0.2, 0.25) is 0 Å². The van der Waals surface area contributed by atoms with Crippen LogP contribution in [0.4, 0.5) is 5.69 Å². The van der Waals surface area contributed by atoms with Crippen molar-refractivity contribution in [1.82, 2.24) is 0 Å². The molecule has 2 unspecified atom stereocenters. The molecule has 1 fully saturated rings. The van der Waals surface area contributed by atoms with Gasteiger partial charge >= 0.3 is 0 Å². The van der Waals surface area contributed by atoms with Gasteiger partial charge in [0.25, 0.3) is 0 Å². The number of nitrogens with zero attached hydrogens (tertiary/aromatic N) is 1. The quantitative estimate of drug-likeness (QED) is 0.866. The summed E-state index contributed by atoms with van der Waals surface area (Å²) < 4.78 is 0.971. The van der Waals surface area contributed by atoms with Crippen molar-refractivity contribution in [2.75, 3.05) is 18.5 Å². The Morgan fingerprint density at radius 1 is 1.59 bits per heavy atom. The molecule has 1 saturated carbocycles. The number of halogens is 1. The minimum Gasteiger partial charge on any atom is -0.389 e. The highest BCUT2D eigenvalue weighted by atomic mass is 79.9. The Kier molecular flexibility index (Phi) is 3.73. The van der Waals surface area contributed by atoms with E-state index < -0.39 is 0 Å². The van der Waals surface area contributed by atoms with Gasteiger partial charge in [-0.3, -0.25) is 0 Å². The Morgan fingerprint density at radius 2 is 2.24 bits per heavy atom. The summed E-state index contributed by atoms with van der Waals surface area (Å²) in [7, 11) is 2.11. The van der Waals surface area contributed by atoms with E-state index in [0.717, 1.165) is 34.1 Å². The average molecular weight is 313 g/mol. The van der Waals surface area contributed by atoms with Crippen LogP contribution in [0.3, 0.4) is 0 Å². The van der Waals surface area contributed by atoms with Gasteiger partial charge in [0.2, 0.25) is 0 Å². The molecule has 2 nitrogen and oxygen atoms in total. The van der Waals surface area contributed by atoms with Crippen LogP contribution in [0.1, 0.15) is 18.9 Å². The largest absolute Gasteiger partial charge is 0.389 e. The maximum atomic E-state index is 5.80. The van der Waals surface area contributed by atoms with Crippen LogP contribution < -0.4 is 10.6 Å². The summed E-state index contributed by atoms with van der Waals surface area (Å²) in [6, 6.07) is 6.08. The summed E-state index contributed by atoms with van der Waals surface area (Å²) in [6.07, 6.45) is 1.33. The van der Waals surface area contributed by atoms with Gasteiger partial charge in [-0.25, -0.2) is 0 Å². The Morgan fingerprint density at radius 3 is 2.76 bits per heavy atom. The fourth-order valence-corrected chi connectivity index (χ4v) is 3.09. The van der Waals surface area contributed by atoms with Gasteiger partial charge in [0.05, 0.1) is 0 Å². The summed E-state index contributed by atoms with van der Waals surface area (Å²) in [5.41, 5.74) is 7.86. The molecule has 0 bridgehead atoms. The average Bonchev–Trinajstić information content (AvgIpc) is 2.93. The predicted octanol–water partition coefficient (Wildman–Crippen LogP) is 3.18. The highest BCUT2D eigenvalue weighted by Crippen LogP contribution is 2.39. The lowest BCUT2D eigenvalue weighted by Gasteiger charge is -2.23. The van der Waals surface area contributed by atoms with Crippen molar-refractivity contribution >= 4 is 38.8 Å². The highest BCUT2D eigenvalue weighted by Gasteiger charge is 2.33. The number of benzene rings is 1. The van der Waals surface area contributed by atoms with E-state index in [1.807, 2.05) is 12.1 Å². The first-order chi connectivity index (χ1) is 8.00. The maximum Gasteiger partial charge on any atom is 0.107 e. The van der Waals surface area contributed by atoms with E-state index in [4.69, 9.17) is 18.0 Å². The second-order valence-corrected chi connectivity index (χ2v) is 6.15. The summed E-state index contributed by atoms with van der Waals surface area (Å²) in [6.45, 7) is 3.38. The SMILES string of the molecule is CC1CC1CN(C)c1cccc(Br)c1C(N)=S. The number of thiocarbonyl (C=S) groups is 1. The molecule has 0 amide bonds. The molecular weight excluding hydrogens is 296 g/mol. The van der Waals surface area contributed by atoms with E-state index in [0.29, 0.717) is 4.99 Å². The lowest BCUT2D eigenvalue weighted by Crippen LogP contribution is -2.24. The molecular formula is C13H17BrN2S. The number of hydrogen-bond acceptors (Lipinski definition) is 2. The molecule has 1 aliphatic carbocycles. The van der Waals surface area contributed by atoms with E-state index in [9.17, 15) is 0 Å². The molecule has 4 heteroatoms. The van der Waals surface area contributed by atoms with Gasteiger partial charge in [0.1, 0.15) is 4.99 Å². The standard InChI is InChI=1S/C13H17BrN2S/c1-8-6-9(8)7-16(2)11-5-3-4-10(14)12(11)13(15)17/h3-5,8-9H,6-7H2,1-2H3,(H2,15,17). The van der Waals surface area contributed by atoms with Crippen molar-refractivity contribution in [2.45, 2.75) is 13.3 Å². The van der Waals surface area contributed by atoms with Crippen LogP contribution in [0.15, 0.2) is 22.7 Å². The molecule has 0 saturated heterocycles. The van der Waals surface area contributed by atoms with Crippen molar-refractivity contribution in [2.24, 2.45) is 17.6 Å². The van der Waals surface area contributed by atoms with Gasteiger partial charge in [-0.15, -0.1) is 0 Å². The normalized spacial score (nSPS) is 22.3. The van der Waals surface area contributed by atoms with Crippen LogP contribution >= 0.6 is 28.1 Å². The summed E-state index contributed by atoms with van der Waals surface area (Å²) in [5.74, 6) is 1.68. The minimum absolute atomic E-state index is 0.447. The van der Waals surface area contributed by atoms with Gasteiger partial charge in [-0.1, -0.05) is 25.2 Å². The third-order valence-corrected chi connectivity index (χ3v) is 4.30. The first-order valence-electron chi connectivity index (χ1n) is 5.80. The molecule has 0 heterocycles. The fourth-order valence-electron chi connectivity index (χ4n) is 2.18. The monoisotopic (exact) mass is 312 g/mol. The molecule has 2 rings (SSSR count). The van der Waals surface area contributed by atoms with Crippen LogP contribution in [-0.2, 0) is 0 Å². The lowest BCUT2D eigenvalue weighted by molar-refractivity contribution is 0.725. The number of nitrogens with two attached hydrogens (primary N) is 1. The predicted molar refractivity (Wildman–Crippen MR) is 80.6 cm³/mol. The zero-order valence-corrected chi connectivity index (χ0v) is 12.5. The molecule has 17 heavy (non-hydrogen) atoms. The molecule has 0 aliphatic heterocycles. The van der Waals surface area contributed by atoms with Gasteiger partial charge in [0.15, 0.2) is 0 Å². The van der Waals surface area contributed by atoms with E-state index in [-0.39, 0.29) is 0 Å². The molecule has 1 aromatic rings. The molecule has 0 aromatic heterocycles. The van der Waals surface area contributed by atoms with Gasteiger partial charge in [0, 0.05) is 29.3 Å². The lowest BCUT2D eigenvalue weighted by atomic mass is 10.1. The Hall–Kier alpha value is -0.610. The summed E-state index contributed by atoms with van der Waals surface area (Å²) >= 11 is 8.65. The van der Waals surface area contributed by atoms with Crippen molar-refractivity contribution in [1.29, 1.82) is 0 Å². The number of hydrogen-bond donors (Lipinski definition) is 1. The number of rotatable bonds is 4. The highest BCUT2D eigenvalue weighted by molar-refractivity contribution is 9.10. The van der Waals surface area contributed by atoms with Crippen molar-refractivity contribution in [3.63, 3.8) is 0 Å². The van der Waals surface area contributed by atoms with Gasteiger partial charge in [-0.2, -0.15) is 0 Å². The van der Waals surface area contributed by atoms with Crippen LogP contribution in [0.5, 0.6) is 0 Å². The van der Waals surface area contributed by atoms with E-state index >= 15 is 0 Å². The Labute approximate surface area is 116 Å². The van der Waals surface area contributed by atoms with Crippen molar-refractivity contribution < 1.29 is 0 Å². The molecule has 0 radical (unpaired) electrons. The fraction of sp³-hybridized carbons (Fsp3) is 0.462. The first kappa shape index (κ1) is 12.8. The smallest absolute Gasteiger partial charge is 0.107 e. The third-order valence-electron chi connectivity index (χ3n) is 3.43. The molecule has 2 atom stereocenters. The molecule has 1 aromatic carbocycles. The van der Waals surface area contributed by atoms with Crippen LogP contribution in [0.25, 0.3) is 0 Å². The zero-order chi connectivity index (χ0) is 12.6. The number of anilines is 1. The second-order valence-electron chi connectivity index (χ2n) is 4.85. The topological polar surface area (TPSA) is 29.3 Å². The summed E-state index contributed by atoms with van der Waals surface area (Å²) in [5, 5.41) is 0. The summed E-state index contributed by atoms with van der Waals surface area (Å²) in [4.78, 5) is 2.70. The molecule has 92 valence electrons. The van der Waals surface area contributed by atoms with Crippen LogP contribution in [0, 0.1) is 11.8 Å². The third kappa shape index (κ3) is 2.80. The Bertz CT molecular complexity index is 447.